The van der Waals surface area contributed by atoms with Crippen LogP contribution in [0.3, 0.4) is 0 Å². The molecule has 0 aliphatic heterocycles. The minimum Gasteiger partial charge on any atom is -0.497 e. The number of hydrogen-bond donors (Lipinski definition) is 0. The van der Waals surface area contributed by atoms with Crippen molar-refractivity contribution in [3.63, 3.8) is 0 Å². The highest BCUT2D eigenvalue weighted by Crippen LogP contribution is 2.29. The first-order chi connectivity index (χ1) is 12.5. The molecule has 0 spiro atoms. The summed E-state index contributed by atoms with van der Waals surface area (Å²) in [6.45, 7) is 3.98. The Bertz CT molecular complexity index is 1000. The van der Waals surface area contributed by atoms with Crippen LogP contribution in [0.15, 0.2) is 76.5 Å². The van der Waals surface area contributed by atoms with E-state index in [1.54, 1.807) is 31.4 Å². The van der Waals surface area contributed by atoms with Gasteiger partial charge in [0.05, 0.1) is 16.9 Å². The molecule has 0 unspecified atom stereocenters. The third-order valence-corrected chi connectivity index (χ3v) is 6.32. The molecule has 0 radical (unpaired) electrons. The molecule has 0 aromatic heterocycles. The molecule has 0 bridgehead atoms. The minimum atomic E-state index is -3.52. The summed E-state index contributed by atoms with van der Waals surface area (Å²) >= 11 is 0. The normalized spacial score (nSPS) is 11.3. The van der Waals surface area contributed by atoms with Crippen LogP contribution in [-0.2, 0) is 16.3 Å². The second kappa shape index (κ2) is 7.34. The number of benzene rings is 3. The van der Waals surface area contributed by atoms with Crippen molar-refractivity contribution < 1.29 is 13.2 Å². The molecule has 4 heteroatoms. The zero-order valence-corrected chi connectivity index (χ0v) is 16.0. The van der Waals surface area contributed by atoms with Crippen LogP contribution in [0.4, 0.5) is 0 Å². The molecular weight excluding hydrogens is 344 g/mol. The van der Waals surface area contributed by atoms with Gasteiger partial charge in [-0.05, 0) is 72.0 Å². The van der Waals surface area contributed by atoms with Crippen molar-refractivity contribution in [3.05, 3.63) is 77.9 Å². The number of hydrogen-bond acceptors (Lipinski definition) is 3. The molecule has 0 saturated carbocycles. The molecule has 3 aromatic rings. The van der Waals surface area contributed by atoms with Gasteiger partial charge in [0.1, 0.15) is 5.75 Å². The molecule has 0 N–H and O–H groups in total. The van der Waals surface area contributed by atoms with E-state index in [-0.39, 0.29) is 0 Å². The average Bonchev–Trinajstić information content (AvgIpc) is 2.68. The Balaban J connectivity index is 1.97. The zero-order chi connectivity index (χ0) is 18.7. The Kier molecular flexibility index (Phi) is 5.14. The van der Waals surface area contributed by atoms with E-state index >= 15 is 0 Å². The standard InChI is InChI=1S/C22H22O3S/c1-4-17-5-11-20(12-6-17)26(23,24)21-13-14-22(16(2)15-21)18-7-9-19(25-3)10-8-18/h5-15H,4H2,1-3H3. The van der Waals surface area contributed by atoms with Crippen LogP contribution >= 0.6 is 0 Å². The van der Waals surface area contributed by atoms with Gasteiger partial charge in [0.15, 0.2) is 0 Å². The first kappa shape index (κ1) is 18.2. The summed E-state index contributed by atoms with van der Waals surface area (Å²) in [6, 6.07) is 20.1. The molecule has 3 aromatic carbocycles. The summed E-state index contributed by atoms with van der Waals surface area (Å²) in [6.07, 6.45) is 0.885. The third kappa shape index (κ3) is 3.51. The molecule has 134 valence electrons. The molecule has 26 heavy (non-hydrogen) atoms. The van der Waals surface area contributed by atoms with Crippen molar-refractivity contribution in [1.29, 1.82) is 0 Å². The van der Waals surface area contributed by atoms with Gasteiger partial charge in [-0.2, -0.15) is 0 Å². The molecule has 0 aliphatic rings. The number of sulfone groups is 1. The fourth-order valence-electron chi connectivity index (χ4n) is 2.94. The fourth-order valence-corrected chi connectivity index (χ4v) is 4.28. The van der Waals surface area contributed by atoms with Gasteiger partial charge in [0.2, 0.25) is 9.84 Å². The molecule has 0 fully saturated rings. The Morgan fingerprint density at radius 1 is 0.846 bits per heavy atom. The minimum absolute atomic E-state index is 0.316. The van der Waals surface area contributed by atoms with E-state index in [1.807, 2.05) is 56.3 Å². The molecule has 0 atom stereocenters. The first-order valence-corrected chi connectivity index (χ1v) is 10.0. The lowest BCUT2D eigenvalue weighted by Gasteiger charge is -2.11. The molecule has 3 nitrogen and oxygen atoms in total. The summed E-state index contributed by atoms with van der Waals surface area (Å²) in [5.41, 5.74) is 4.07. The molecule has 0 aliphatic carbocycles. The van der Waals surface area contributed by atoms with Gasteiger partial charge in [-0.25, -0.2) is 8.42 Å². The molecule has 0 amide bonds. The predicted molar refractivity (Wildman–Crippen MR) is 104 cm³/mol. The van der Waals surface area contributed by atoms with Gasteiger partial charge in [-0.3, -0.25) is 0 Å². The predicted octanol–water partition coefficient (Wildman–Crippen LogP) is 5.07. The van der Waals surface area contributed by atoms with E-state index in [1.165, 1.54) is 0 Å². The van der Waals surface area contributed by atoms with Crippen molar-refractivity contribution >= 4 is 9.84 Å². The maximum atomic E-state index is 12.9. The van der Waals surface area contributed by atoms with Crippen molar-refractivity contribution in [3.8, 4) is 16.9 Å². The highest BCUT2D eigenvalue weighted by Gasteiger charge is 2.18. The number of rotatable bonds is 5. The van der Waals surface area contributed by atoms with Gasteiger partial charge in [0, 0.05) is 0 Å². The lowest BCUT2D eigenvalue weighted by molar-refractivity contribution is 0.415. The maximum absolute atomic E-state index is 12.9. The average molecular weight is 366 g/mol. The molecular formula is C22H22O3S. The van der Waals surface area contributed by atoms with Crippen LogP contribution in [0.25, 0.3) is 11.1 Å². The summed E-state index contributed by atoms with van der Waals surface area (Å²) < 4.78 is 31.0. The zero-order valence-electron chi connectivity index (χ0n) is 15.2. The highest BCUT2D eigenvalue weighted by atomic mass is 32.2. The van der Waals surface area contributed by atoms with Crippen molar-refractivity contribution in [2.24, 2.45) is 0 Å². The summed E-state index contributed by atoms with van der Waals surface area (Å²) in [5, 5.41) is 0. The fraction of sp³-hybridized carbons (Fsp3) is 0.182. The number of methoxy groups -OCH3 is 1. The van der Waals surface area contributed by atoms with Gasteiger partial charge in [-0.15, -0.1) is 0 Å². The van der Waals surface area contributed by atoms with E-state index in [9.17, 15) is 8.42 Å². The second-order valence-electron chi connectivity index (χ2n) is 6.21. The molecule has 0 heterocycles. The Labute approximate surface area is 155 Å². The Morgan fingerprint density at radius 3 is 2.00 bits per heavy atom. The molecule has 3 rings (SSSR count). The van der Waals surface area contributed by atoms with Crippen LogP contribution in [0.2, 0.25) is 0 Å². The second-order valence-corrected chi connectivity index (χ2v) is 8.16. The van der Waals surface area contributed by atoms with Crippen LogP contribution in [0, 0.1) is 6.92 Å². The Hall–Kier alpha value is -2.59. The summed E-state index contributed by atoms with van der Waals surface area (Å²) in [7, 11) is -1.88. The van der Waals surface area contributed by atoms with Crippen LogP contribution in [-0.4, -0.2) is 15.5 Å². The highest BCUT2D eigenvalue weighted by molar-refractivity contribution is 7.91. The van der Waals surface area contributed by atoms with E-state index in [0.29, 0.717) is 9.79 Å². The number of aryl methyl sites for hydroxylation is 2. The van der Waals surface area contributed by atoms with E-state index in [2.05, 4.69) is 0 Å². The summed E-state index contributed by atoms with van der Waals surface area (Å²) in [5.74, 6) is 0.793. The quantitative estimate of drug-likeness (QED) is 0.633. The number of ether oxygens (including phenoxy) is 1. The third-order valence-electron chi connectivity index (χ3n) is 4.55. The van der Waals surface area contributed by atoms with Crippen LogP contribution in [0.5, 0.6) is 5.75 Å². The smallest absolute Gasteiger partial charge is 0.206 e. The van der Waals surface area contributed by atoms with Crippen molar-refractivity contribution in [2.45, 2.75) is 30.1 Å². The largest absolute Gasteiger partial charge is 0.497 e. The lowest BCUT2D eigenvalue weighted by atomic mass is 10.0. The van der Waals surface area contributed by atoms with Crippen LogP contribution in [0.1, 0.15) is 18.1 Å². The Morgan fingerprint density at radius 2 is 1.46 bits per heavy atom. The topological polar surface area (TPSA) is 43.4 Å². The van der Waals surface area contributed by atoms with Crippen molar-refractivity contribution in [1.82, 2.24) is 0 Å². The first-order valence-electron chi connectivity index (χ1n) is 8.55. The van der Waals surface area contributed by atoms with Crippen LogP contribution < -0.4 is 4.74 Å². The van der Waals surface area contributed by atoms with Gasteiger partial charge in [0.25, 0.3) is 0 Å². The van der Waals surface area contributed by atoms with Crippen molar-refractivity contribution in [2.75, 3.05) is 7.11 Å². The van der Waals surface area contributed by atoms with Gasteiger partial charge < -0.3 is 4.74 Å². The van der Waals surface area contributed by atoms with Gasteiger partial charge in [-0.1, -0.05) is 37.3 Å². The maximum Gasteiger partial charge on any atom is 0.206 e. The van der Waals surface area contributed by atoms with E-state index < -0.39 is 9.84 Å². The van der Waals surface area contributed by atoms with E-state index in [4.69, 9.17) is 4.74 Å². The summed E-state index contributed by atoms with van der Waals surface area (Å²) in [4.78, 5) is 0.641. The van der Waals surface area contributed by atoms with E-state index in [0.717, 1.165) is 34.4 Å². The van der Waals surface area contributed by atoms with Gasteiger partial charge >= 0.3 is 0 Å². The SMILES string of the molecule is CCc1ccc(S(=O)(=O)c2ccc(-c3ccc(OC)cc3)c(C)c2)cc1. The monoisotopic (exact) mass is 366 g/mol. The lowest BCUT2D eigenvalue weighted by Crippen LogP contribution is -2.03. The molecule has 0 saturated heterocycles.